The van der Waals surface area contributed by atoms with E-state index in [1.54, 1.807) is 0 Å². The Kier molecular flexibility index (Phi) is 6.46. The van der Waals surface area contributed by atoms with Crippen LogP contribution in [-0.4, -0.2) is 47.9 Å². The minimum atomic E-state index is -1.04. The number of hydrogen-bond donors (Lipinski definition) is 4. The zero-order chi connectivity index (χ0) is 22.8. The highest BCUT2D eigenvalue weighted by Gasteiger charge is 2.35. The molecule has 1 aliphatic rings. The molecule has 7 heteroatoms. The van der Waals surface area contributed by atoms with E-state index < -0.39 is 12.0 Å². The molecule has 6 nitrogen and oxygen atoms in total. The largest absolute Gasteiger partial charge is 0.480 e. The summed E-state index contributed by atoms with van der Waals surface area (Å²) in [6, 6.07) is 13.1. The molecule has 1 amide bonds. The van der Waals surface area contributed by atoms with E-state index in [9.17, 15) is 14.7 Å². The fourth-order valence-corrected chi connectivity index (χ4v) is 5.15. The first kappa shape index (κ1) is 22.3. The normalized spacial score (nSPS) is 17.0. The fraction of sp³-hybridized carbons (Fsp3) is 0.360. The number of carbonyl (C=O) groups is 2. The molecule has 3 atom stereocenters. The van der Waals surface area contributed by atoms with Gasteiger partial charge in [0.05, 0.1) is 5.92 Å². The quantitative estimate of drug-likeness (QED) is 0.394. The first-order chi connectivity index (χ1) is 15.4. The Hall–Kier alpha value is -2.93. The molecule has 0 radical (unpaired) electrons. The standard InChI is InChI=1S/C25H29N3O3S/c1-28(2)17-8-10-18-15(11-17)7-9-20(18)21(14-32)24(29)27-23(25(30)31)12-16-13-26-22-6-4-3-5-19(16)22/h3-6,8,10-11,13,20-21,23,26,32H,7,9,12,14H2,1-2H3,(H,27,29)(H,30,31)/t20?,21?,23-/m0/s1. The number of benzene rings is 2. The molecule has 0 aliphatic heterocycles. The minimum Gasteiger partial charge on any atom is -0.480 e. The molecule has 0 saturated heterocycles. The summed E-state index contributed by atoms with van der Waals surface area (Å²) in [6.45, 7) is 0. The van der Waals surface area contributed by atoms with Crippen LogP contribution in [0, 0.1) is 5.92 Å². The molecule has 0 saturated carbocycles. The first-order valence-corrected chi connectivity index (χ1v) is 11.5. The van der Waals surface area contributed by atoms with Crippen molar-refractivity contribution in [2.45, 2.75) is 31.2 Å². The Labute approximate surface area is 193 Å². The number of carbonyl (C=O) groups excluding carboxylic acids is 1. The van der Waals surface area contributed by atoms with Crippen molar-refractivity contribution in [1.29, 1.82) is 0 Å². The van der Waals surface area contributed by atoms with E-state index in [4.69, 9.17) is 0 Å². The van der Waals surface area contributed by atoms with E-state index >= 15 is 0 Å². The summed E-state index contributed by atoms with van der Waals surface area (Å²) < 4.78 is 0. The van der Waals surface area contributed by atoms with Crippen molar-refractivity contribution < 1.29 is 14.7 Å². The van der Waals surface area contributed by atoms with Gasteiger partial charge in [0.25, 0.3) is 0 Å². The number of nitrogens with one attached hydrogen (secondary N) is 2. The van der Waals surface area contributed by atoms with E-state index in [0.717, 1.165) is 35.0 Å². The van der Waals surface area contributed by atoms with Gasteiger partial charge in [-0.2, -0.15) is 12.6 Å². The molecule has 1 heterocycles. The smallest absolute Gasteiger partial charge is 0.326 e. The minimum absolute atomic E-state index is 0.0428. The van der Waals surface area contributed by atoms with Crippen molar-refractivity contribution in [3.8, 4) is 0 Å². The Bertz CT molecular complexity index is 1140. The number of aromatic nitrogens is 1. The Balaban J connectivity index is 1.51. The van der Waals surface area contributed by atoms with E-state index in [0.29, 0.717) is 5.75 Å². The molecule has 1 aromatic heterocycles. The zero-order valence-electron chi connectivity index (χ0n) is 18.3. The van der Waals surface area contributed by atoms with Crippen LogP contribution in [0.5, 0.6) is 0 Å². The lowest BCUT2D eigenvalue weighted by atomic mass is 9.87. The summed E-state index contributed by atoms with van der Waals surface area (Å²) in [5.41, 5.74) is 5.40. The van der Waals surface area contributed by atoms with Crippen molar-refractivity contribution >= 4 is 41.1 Å². The van der Waals surface area contributed by atoms with Crippen molar-refractivity contribution in [2.24, 2.45) is 5.92 Å². The molecule has 3 aromatic rings. The maximum Gasteiger partial charge on any atom is 0.326 e. The topological polar surface area (TPSA) is 85.4 Å². The van der Waals surface area contributed by atoms with Crippen LogP contribution in [0.25, 0.3) is 10.9 Å². The SMILES string of the molecule is CN(C)c1ccc2c(c1)CCC2C(CS)C(=O)N[C@@H](Cc1c[nH]c2ccccc12)C(=O)O. The highest BCUT2D eigenvalue weighted by Crippen LogP contribution is 2.40. The van der Waals surface area contributed by atoms with Gasteiger partial charge in [-0.15, -0.1) is 0 Å². The molecule has 2 unspecified atom stereocenters. The number of fused-ring (bicyclic) bond motifs is 2. The van der Waals surface area contributed by atoms with Crippen molar-refractivity contribution in [2.75, 3.05) is 24.7 Å². The fourth-order valence-electron chi connectivity index (χ4n) is 4.73. The molecule has 168 valence electrons. The van der Waals surface area contributed by atoms with Crippen LogP contribution in [0.3, 0.4) is 0 Å². The molecule has 2 aromatic carbocycles. The van der Waals surface area contributed by atoms with Gasteiger partial charge in [0.2, 0.25) is 5.91 Å². The molecule has 0 fully saturated rings. The number of amides is 1. The van der Waals surface area contributed by atoms with Gasteiger partial charge in [-0.3, -0.25) is 4.79 Å². The number of nitrogens with zero attached hydrogens (tertiary/aromatic N) is 1. The summed E-state index contributed by atoms with van der Waals surface area (Å²) in [5, 5.41) is 13.6. The Morgan fingerprint density at radius 1 is 1.25 bits per heavy atom. The second-order valence-electron chi connectivity index (χ2n) is 8.67. The van der Waals surface area contributed by atoms with Crippen LogP contribution in [0.1, 0.15) is 29.0 Å². The van der Waals surface area contributed by atoms with Crippen LogP contribution < -0.4 is 10.2 Å². The van der Waals surface area contributed by atoms with E-state index in [1.807, 2.05) is 44.6 Å². The number of aryl methyl sites for hydroxylation is 1. The van der Waals surface area contributed by atoms with Crippen molar-refractivity contribution in [1.82, 2.24) is 10.3 Å². The highest BCUT2D eigenvalue weighted by atomic mass is 32.1. The number of para-hydroxylation sites is 1. The highest BCUT2D eigenvalue weighted by molar-refractivity contribution is 7.80. The summed E-state index contributed by atoms with van der Waals surface area (Å²) in [4.78, 5) is 30.4. The Morgan fingerprint density at radius 2 is 2.03 bits per heavy atom. The van der Waals surface area contributed by atoms with E-state index in [-0.39, 0.29) is 24.2 Å². The average molecular weight is 452 g/mol. The molecular formula is C25H29N3O3S. The van der Waals surface area contributed by atoms with Gasteiger partial charge in [0.15, 0.2) is 0 Å². The van der Waals surface area contributed by atoms with Gasteiger partial charge in [-0.1, -0.05) is 24.3 Å². The van der Waals surface area contributed by atoms with E-state index in [1.165, 1.54) is 11.1 Å². The molecule has 1 aliphatic carbocycles. The molecule has 0 spiro atoms. The van der Waals surface area contributed by atoms with Gasteiger partial charge in [0, 0.05) is 49.1 Å². The summed E-state index contributed by atoms with van der Waals surface area (Å²) in [7, 11) is 4.02. The number of aliphatic carboxylic acids is 1. The van der Waals surface area contributed by atoms with Crippen molar-refractivity contribution in [3.63, 3.8) is 0 Å². The van der Waals surface area contributed by atoms with Gasteiger partial charge in [0.1, 0.15) is 6.04 Å². The molecular weight excluding hydrogens is 422 g/mol. The van der Waals surface area contributed by atoms with Crippen LogP contribution in [-0.2, 0) is 22.4 Å². The number of carboxylic acids is 1. The zero-order valence-corrected chi connectivity index (χ0v) is 19.2. The molecule has 4 rings (SSSR count). The Morgan fingerprint density at radius 3 is 2.75 bits per heavy atom. The summed E-state index contributed by atoms with van der Waals surface area (Å²) in [5.74, 6) is -1.26. The van der Waals surface area contributed by atoms with Gasteiger partial charge >= 0.3 is 5.97 Å². The van der Waals surface area contributed by atoms with E-state index in [2.05, 4.69) is 46.0 Å². The monoisotopic (exact) mass is 451 g/mol. The summed E-state index contributed by atoms with van der Waals surface area (Å²) in [6.07, 6.45) is 3.82. The number of carboxylic acid groups (broad SMARTS) is 1. The number of thiol groups is 1. The van der Waals surface area contributed by atoms with Gasteiger partial charge in [-0.05, 0) is 53.6 Å². The maximum absolute atomic E-state index is 13.2. The number of H-pyrrole nitrogens is 1. The van der Waals surface area contributed by atoms with Crippen LogP contribution in [0.2, 0.25) is 0 Å². The van der Waals surface area contributed by atoms with Crippen LogP contribution in [0.4, 0.5) is 5.69 Å². The lowest BCUT2D eigenvalue weighted by molar-refractivity contribution is -0.142. The lowest BCUT2D eigenvalue weighted by Crippen LogP contribution is -2.46. The molecule has 32 heavy (non-hydrogen) atoms. The maximum atomic E-state index is 13.2. The van der Waals surface area contributed by atoms with Gasteiger partial charge < -0.3 is 20.3 Å². The third kappa shape index (κ3) is 4.35. The van der Waals surface area contributed by atoms with Gasteiger partial charge in [-0.25, -0.2) is 4.79 Å². The predicted octanol–water partition coefficient (Wildman–Crippen LogP) is 3.62. The average Bonchev–Trinajstić information content (AvgIpc) is 3.38. The molecule has 0 bridgehead atoms. The predicted molar refractivity (Wildman–Crippen MR) is 131 cm³/mol. The van der Waals surface area contributed by atoms with Crippen molar-refractivity contribution in [3.05, 3.63) is 65.4 Å². The third-order valence-corrected chi connectivity index (χ3v) is 6.89. The lowest BCUT2D eigenvalue weighted by Gasteiger charge is -2.25. The second-order valence-corrected chi connectivity index (χ2v) is 9.04. The second kappa shape index (κ2) is 9.28. The number of hydrogen-bond acceptors (Lipinski definition) is 4. The first-order valence-electron chi connectivity index (χ1n) is 10.9. The number of aromatic amines is 1. The third-order valence-electron chi connectivity index (χ3n) is 6.50. The van der Waals surface area contributed by atoms with Crippen LogP contribution >= 0.6 is 12.6 Å². The van der Waals surface area contributed by atoms with Crippen LogP contribution in [0.15, 0.2) is 48.7 Å². The molecule has 3 N–H and O–H groups in total. The summed E-state index contributed by atoms with van der Waals surface area (Å²) >= 11 is 4.46. The number of anilines is 1. The number of rotatable bonds is 8.